The summed E-state index contributed by atoms with van der Waals surface area (Å²) in [4.78, 5) is 9.04. The molecule has 0 radical (unpaired) electrons. The Morgan fingerprint density at radius 2 is 1.95 bits per heavy atom. The van der Waals surface area contributed by atoms with Crippen LogP contribution in [0.3, 0.4) is 0 Å². The standard InChI is InChI=1S/C16H19N3O/c1-16(2,3)13-9-14(17)19-15(18-13)11-4-5-12-10(8-11)6-7-20-12/h4-5,8-9H,6-7H2,1-3H3,(H2,17,18,19). The number of ether oxygens (including phenoxy) is 1. The second-order valence-electron chi connectivity index (χ2n) is 6.17. The van der Waals surface area contributed by atoms with E-state index < -0.39 is 0 Å². The van der Waals surface area contributed by atoms with Crippen LogP contribution >= 0.6 is 0 Å². The summed E-state index contributed by atoms with van der Waals surface area (Å²) < 4.78 is 5.53. The zero-order valence-corrected chi connectivity index (χ0v) is 12.1. The van der Waals surface area contributed by atoms with Crippen molar-refractivity contribution in [3.05, 3.63) is 35.5 Å². The van der Waals surface area contributed by atoms with Gasteiger partial charge in [0.05, 0.1) is 12.3 Å². The predicted octanol–water partition coefficient (Wildman–Crippen LogP) is 2.96. The number of hydrogen-bond donors (Lipinski definition) is 1. The van der Waals surface area contributed by atoms with Gasteiger partial charge in [-0.05, 0) is 23.8 Å². The van der Waals surface area contributed by atoms with Gasteiger partial charge in [0.15, 0.2) is 5.82 Å². The molecule has 1 aliphatic rings. The van der Waals surface area contributed by atoms with E-state index in [1.165, 1.54) is 5.56 Å². The second-order valence-corrected chi connectivity index (χ2v) is 6.17. The second kappa shape index (κ2) is 4.47. The molecule has 0 amide bonds. The van der Waals surface area contributed by atoms with Crippen LogP contribution in [0.25, 0.3) is 11.4 Å². The maximum atomic E-state index is 5.93. The minimum absolute atomic E-state index is 0.0500. The molecular formula is C16H19N3O. The predicted molar refractivity (Wildman–Crippen MR) is 79.8 cm³/mol. The third kappa shape index (κ3) is 2.33. The van der Waals surface area contributed by atoms with E-state index in [0.29, 0.717) is 11.6 Å². The fraction of sp³-hybridized carbons (Fsp3) is 0.375. The van der Waals surface area contributed by atoms with E-state index in [4.69, 9.17) is 10.5 Å². The molecule has 0 fully saturated rings. The zero-order chi connectivity index (χ0) is 14.3. The molecule has 0 saturated carbocycles. The van der Waals surface area contributed by atoms with Crippen LogP contribution in [0.2, 0.25) is 0 Å². The molecule has 1 aliphatic heterocycles. The molecule has 0 bridgehead atoms. The van der Waals surface area contributed by atoms with Crippen molar-refractivity contribution >= 4 is 5.82 Å². The van der Waals surface area contributed by atoms with Crippen LogP contribution in [0.4, 0.5) is 5.82 Å². The van der Waals surface area contributed by atoms with E-state index in [-0.39, 0.29) is 5.41 Å². The first kappa shape index (κ1) is 12.9. The van der Waals surface area contributed by atoms with Crippen LogP contribution in [-0.4, -0.2) is 16.6 Å². The van der Waals surface area contributed by atoms with Crippen LogP contribution in [0, 0.1) is 0 Å². The van der Waals surface area contributed by atoms with E-state index in [9.17, 15) is 0 Å². The fourth-order valence-electron chi connectivity index (χ4n) is 2.30. The summed E-state index contributed by atoms with van der Waals surface area (Å²) in [6.07, 6.45) is 0.942. The maximum absolute atomic E-state index is 5.93. The molecule has 104 valence electrons. The van der Waals surface area contributed by atoms with Crippen molar-refractivity contribution in [3.63, 3.8) is 0 Å². The van der Waals surface area contributed by atoms with Crippen molar-refractivity contribution < 1.29 is 4.74 Å². The van der Waals surface area contributed by atoms with Gasteiger partial charge in [-0.2, -0.15) is 0 Å². The normalized spacial score (nSPS) is 13.9. The molecule has 2 heterocycles. The fourth-order valence-corrected chi connectivity index (χ4v) is 2.30. The van der Waals surface area contributed by atoms with E-state index >= 15 is 0 Å². The third-order valence-electron chi connectivity index (χ3n) is 3.46. The quantitative estimate of drug-likeness (QED) is 0.864. The molecule has 0 spiro atoms. The monoisotopic (exact) mass is 269 g/mol. The number of nitrogens with two attached hydrogens (primary N) is 1. The van der Waals surface area contributed by atoms with Crippen LogP contribution in [-0.2, 0) is 11.8 Å². The van der Waals surface area contributed by atoms with Gasteiger partial charge in [0.2, 0.25) is 0 Å². The van der Waals surface area contributed by atoms with Crippen LogP contribution in [0.5, 0.6) is 5.75 Å². The lowest BCUT2D eigenvalue weighted by atomic mass is 9.92. The molecule has 2 aromatic rings. The van der Waals surface area contributed by atoms with Gasteiger partial charge in [-0.1, -0.05) is 20.8 Å². The smallest absolute Gasteiger partial charge is 0.161 e. The Balaban J connectivity index is 2.08. The van der Waals surface area contributed by atoms with Crippen molar-refractivity contribution in [3.8, 4) is 17.1 Å². The first-order valence-electron chi connectivity index (χ1n) is 6.84. The highest BCUT2D eigenvalue weighted by molar-refractivity contribution is 5.61. The summed E-state index contributed by atoms with van der Waals surface area (Å²) in [7, 11) is 0. The van der Waals surface area contributed by atoms with Gasteiger partial charge < -0.3 is 10.5 Å². The Kier molecular flexibility index (Phi) is 2.89. The molecule has 1 aromatic carbocycles. The molecule has 1 aromatic heterocycles. The Morgan fingerprint density at radius 1 is 1.15 bits per heavy atom. The molecule has 0 unspecified atom stereocenters. The van der Waals surface area contributed by atoms with Crippen molar-refractivity contribution in [2.24, 2.45) is 0 Å². The number of nitrogens with zero attached hydrogens (tertiary/aromatic N) is 2. The van der Waals surface area contributed by atoms with Crippen molar-refractivity contribution in [1.82, 2.24) is 9.97 Å². The summed E-state index contributed by atoms with van der Waals surface area (Å²) in [6, 6.07) is 7.93. The van der Waals surface area contributed by atoms with Gasteiger partial charge >= 0.3 is 0 Å². The Hall–Kier alpha value is -2.10. The van der Waals surface area contributed by atoms with Crippen LogP contribution in [0.1, 0.15) is 32.0 Å². The molecule has 4 heteroatoms. The van der Waals surface area contributed by atoms with E-state index in [1.807, 2.05) is 18.2 Å². The summed E-state index contributed by atoms with van der Waals surface area (Å²) >= 11 is 0. The van der Waals surface area contributed by atoms with Crippen molar-refractivity contribution in [2.45, 2.75) is 32.6 Å². The van der Waals surface area contributed by atoms with Crippen LogP contribution in [0.15, 0.2) is 24.3 Å². The van der Waals surface area contributed by atoms with Gasteiger partial charge in [-0.25, -0.2) is 9.97 Å². The molecule has 20 heavy (non-hydrogen) atoms. The van der Waals surface area contributed by atoms with Gasteiger partial charge in [0.25, 0.3) is 0 Å². The number of nitrogen functional groups attached to an aromatic ring is 1. The summed E-state index contributed by atoms with van der Waals surface area (Å²) in [5, 5.41) is 0. The number of aromatic nitrogens is 2. The van der Waals surface area contributed by atoms with Gasteiger partial charge in [0, 0.05) is 23.5 Å². The lowest BCUT2D eigenvalue weighted by Gasteiger charge is -2.18. The molecule has 3 rings (SSSR count). The van der Waals surface area contributed by atoms with Crippen LogP contribution < -0.4 is 10.5 Å². The first-order chi connectivity index (χ1) is 9.43. The maximum Gasteiger partial charge on any atom is 0.161 e. The highest BCUT2D eigenvalue weighted by Gasteiger charge is 2.19. The lowest BCUT2D eigenvalue weighted by Crippen LogP contribution is -2.15. The Morgan fingerprint density at radius 3 is 2.70 bits per heavy atom. The molecular weight excluding hydrogens is 250 g/mol. The summed E-state index contributed by atoms with van der Waals surface area (Å²) in [6.45, 7) is 7.11. The summed E-state index contributed by atoms with van der Waals surface area (Å²) in [5.41, 5.74) is 9.04. The van der Waals surface area contributed by atoms with Gasteiger partial charge in [-0.3, -0.25) is 0 Å². The average molecular weight is 269 g/mol. The SMILES string of the molecule is CC(C)(C)c1cc(N)nc(-c2ccc3c(c2)CCO3)n1. The largest absolute Gasteiger partial charge is 0.493 e. The Bertz CT molecular complexity index is 659. The minimum Gasteiger partial charge on any atom is -0.493 e. The zero-order valence-electron chi connectivity index (χ0n) is 12.1. The molecule has 0 atom stereocenters. The van der Waals surface area contributed by atoms with Crippen molar-refractivity contribution in [2.75, 3.05) is 12.3 Å². The third-order valence-corrected chi connectivity index (χ3v) is 3.46. The number of rotatable bonds is 1. The first-order valence-corrected chi connectivity index (χ1v) is 6.84. The van der Waals surface area contributed by atoms with E-state index in [1.54, 1.807) is 0 Å². The Labute approximate surface area is 119 Å². The molecule has 0 aliphatic carbocycles. The molecule has 2 N–H and O–H groups in total. The number of anilines is 1. The number of fused-ring (bicyclic) bond motifs is 1. The number of hydrogen-bond acceptors (Lipinski definition) is 4. The lowest BCUT2D eigenvalue weighted by molar-refractivity contribution is 0.357. The molecule has 4 nitrogen and oxygen atoms in total. The average Bonchev–Trinajstić information content (AvgIpc) is 2.84. The van der Waals surface area contributed by atoms with Gasteiger partial charge in [-0.15, -0.1) is 0 Å². The molecule has 0 saturated heterocycles. The number of benzene rings is 1. The van der Waals surface area contributed by atoms with E-state index in [2.05, 4.69) is 36.8 Å². The van der Waals surface area contributed by atoms with Gasteiger partial charge in [0.1, 0.15) is 11.6 Å². The summed E-state index contributed by atoms with van der Waals surface area (Å²) in [5.74, 6) is 2.16. The highest BCUT2D eigenvalue weighted by Crippen LogP contribution is 2.30. The highest BCUT2D eigenvalue weighted by atomic mass is 16.5. The van der Waals surface area contributed by atoms with E-state index in [0.717, 1.165) is 30.0 Å². The minimum atomic E-state index is -0.0500. The topological polar surface area (TPSA) is 61.0 Å². The van der Waals surface area contributed by atoms with Crippen molar-refractivity contribution in [1.29, 1.82) is 0 Å².